The minimum Gasteiger partial charge on any atom is -0.305 e. The van der Waals surface area contributed by atoms with Gasteiger partial charge in [0.25, 0.3) is 0 Å². The Morgan fingerprint density at radius 2 is 1.31 bits per heavy atom. The Hall–Kier alpha value is -3.17. The van der Waals surface area contributed by atoms with Gasteiger partial charge in [-0.2, -0.15) is 0 Å². The minimum absolute atomic E-state index is 0. The van der Waals surface area contributed by atoms with E-state index in [0.29, 0.717) is 16.8 Å². The van der Waals surface area contributed by atoms with Crippen LogP contribution >= 0.6 is 0 Å². The molecule has 42 heavy (non-hydrogen) atoms. The Bertz CT molecular complexity index is 1820. The third kappa shape index (κ3) is 9.69. The molecule has 1 radical (unpaired) electrons. The van der Waals surface area contributed by atoms with Crippen molar-refractivity contribution in [3.8, 4) is 22.5 Å². The zero-order valence-electron chi connectivity index (χ0n) is 32.0. The average Bonchev–Trinajstić information content (AvgIpc) is 3.04. The molecule has 0 fully saturated rings. The number of hydrogen-bond acceptors (Lipinski definition) is 2. The second-order valence-corrected chi connectivity index (χ2v) is 16.9. The molecule has 0 unspecified atom stereocenters. The number of pyridine rings is 2. The van der Waals surface area contributed by atoms with E-state index < -0.39 is 33.1 Å². The molecular formula is C38H42IrN2Si-2. The summed E-state index contributed by atoms with van der Waals surface area (Å²) < 4.78 is 57.7. The number of aryl methyl sites for hydroxylation is 1. The number of hydrogen-bond donors (Lipinski definition) is 0. The van der Waals surface area contributed by atoms with E-state index in [1.165, 1.54) is 6.20 Å². The standard InChI is InChI=1S/C21H22NSi.C17H20N.Ir/c1-23(2,3)21-16-22-20(18-12-8-5-9-13-18)15-19(21)14-17-10-6-4-7-11-17;1-13-12-18-16(14-8-6-5-7-9-14)10-15(13)11-17(2,3)4;/h4-12,15-16H,14H2,1-3H3;5-8,10,12H,11H2,1-4H3;/q2*-1;/i14D2;1D3,11D2;. The molecule has 0 aliphatic heterocycles. The Morgan fingerprint density at radius 3 is 1.81 bits per heavy atom. The summed E-state index contributed by atoms with van der Waals surface area (Å²) in [7, 11) is -1.76. The smallest absolute Gasteiger partial charge is 0.0799 e. The van der Waals surface area contributed by atoms with E-state index in [1.54, 1.807) is 32.9 Å². The van der Waals surface area contributed by atoms with Crippen LogP contribution in [0.25, 0.3) is 22.5 Å². The zero-order chi connectivity index (χ0) is 35.5. The van der Waals surface area contributed by atoms with Gasteiger partial charge in [0.1, 0.15) is 0 Å². The predicted molar refractivity (Wildman–Crippen MR) is 177 cm³/mol. The van der Waals surface area contributed by atoms with Gasteiger partial charge >= 0.3 is 0 Å². The van der Waals surface area contributed by atoms with Crippen molar-refractivity contribution >= 4 is 13.3 Å². The first-order valence-electron chi connectivity index (χ1n) is 17.3. The van der Waals surface area contributed by atoms with Gasteiger partial charge in [0.15, 0.2) is 0 Å². The molecule has 219 valence electrons. The molecule has 2 aromatic heterocycles. The topological polar surface area (TPSA) is 25.8 Å². The van der Waals surface area contributed by atoms with Crippen LogP contribution in [0.3, 0.4) is 0 Å². The van der Waals surface area contributed by atoms with Gasteiger partial charge in [0, 0.05) is 42.1 Å². The van der Waals surface area contributed by atoms with Gasteiger partial charge in [0.05, 0.1) is 8.07 Å². The molecule has 2 nitrogen and oxygen atoms in total. The number of rotatable bonds is 6. The van der Waals surface area contributed by atoms with E-state index in [0.717, 1.165) is 22.0 Å². The molecule has 5 rings (SSSR count). The molecule has 0 saturated heterocycles. The molecule has 0 aliphatic rings. The van der Waals surface area contributed by atoms with E-state index >= 15 is 0 Å². The fourth-order valence-electron chi connectivity index (χ4n) is 4.20. The van der Waals surface area contributed by atoms with Crippen molar-refractivity contribution in [1.29, 1.82) is 0 Å². The minimum atomic E-state index is -2.42. The maximum atomic E-state index is 8.84. The Balaban J connectivity index is 0.000000261. The van der Waals surface area contributed by atoms with Gasteiger partial charge < -0.3 is 9.97 Å². The van der Waals surface area contributed by atoms with E-state index in [-0.39, 0.29) is 31.2 Å². The first-order valence-corrected chi connectivity index (χ1v) is 17.3. The Kier molecular flexibility index (Phi) is 8.57. The molecule has 5 aromatic rings. The van der Waals surface area contributed by atoms with Crippen LogP contribution in [0.1, 0.15) is 52.6 Å². The van der Waals surface area contributed by atoms with E-state index in [1.807, 2.05) is 85.1 Å². The monoisotopic (exact) mass is 754 g/mol. The zero-order valence-corrected chi connectivity index (χ0v) is 28.4. The molecule has 2 heterocycles. The molecule has 0 spiro atoms. The largest absolute Gasteiger partial charge is 0.305 e. The molecule has 0 aliphatic carbocycles. The van der Waals surface area contributed by atoms with E-state index in [2.05, 4.69) is 41.7 Å². The van der Waals surface area contributed by atoms with Crippen molar-refractivity contribution in [2.45, 2.75) is 60.0 Å². The van der Waals surface area contributed by atoms with Gasteiger partial charge in [-0.3, -0.25) is 0 Å². The van der Waals surface area contributed by atoms with Gasteiger partial charge in [-0.25, -0.2) is 0 Å². The first-order chi connectivity index (χ1) is 22.2. The van der Waals surface area contributed by atoms with Crippen molar-refractivity contribution in [3.05, 3.63) is 138 Å². The first kappa shape index (κ1) is 24.3. The molecule has 0 saturated carbocycles. The molecule has 0 bridgehead atoms. The Labute approximate surface area is 277 Å². The third-order valence-electron chi connectivity index (χ3n) is 6.15. The van der Waals surface area contributed by atoms with Crippen LogP contribution in [-0.2, 0) is 32.9 Å². The summed E-state index contributed by atoms with van der Waals surface area (Å²) in [5, 5.41) is 1.06. The summed E-state index contributed by atoms with van der Waals surface area (Å²) in [6.45, 7) is 9.52. The SMILES string of the molecule is [2H]C([2H])([2H])c1cnc(-c2[c-]cccc2)cc1C([2H])([2H])C(C)(C)C.[2H]C([2H])(c1ccccc1)c1cc(-c2[c-]cccc2)ncc1[Si](C)(C)C.[Ir]. The average molecular weight is 754 g/mol. The number of nitrogens with zero attached hydrogens (tertiary/aromatic N) is 2. The van der Waals surface area contributed by atoms with Crippen LogP contribution in [-0.4, -0.2) is 18.0 Å². The molecule has 3 aromatic carbocycles. The van der Waals surface area contributed by atoms with Gasteiger partial charge in [-0.05, 0) is 52.7 Å². The van der Waals surface area contributed by atoms with Crippen LogP contribution in [0.2, 0.25) is 19.6 Å². The van der Waals surface area contributed by atoms with Crippen molar-refractivity contribution < 1.29 is 29.7 Å². The summed E-state index contributed by atoms with van der Waals surface area (Å²) in [6.07, 6.45) is -0.243. The van der Waals surface area contributed by atoms with Crippen molar-refractivity contribution in [3.63, 3.8) is 0 Å². The quantitative estimate of drug-likeness (QED) is 0.128. The second-order valence-electron chi connectivity index (χ2n) is 11.9. The van der Waals surface area contributed by atoms with Crippen LogP contribution in [0.4, 0.5) is 0 Å². The summed E-state index contributed by atoms with van der Waals surface area (Å²) >= 11 is 0. The molecule has 4 heteroatoms. The molecule has 0 N–H and O–H groups in total. The van der Waals surface area contributed by atoms with E-state index in [4.69, 9.17) is 9.60 Å². The van der Waals surface area contributed by atoms with Crippen molar-refractivity contribution in [2.75, 3.05) is 0 Å². The fourth-order valence-corrected chi connectivity index (χ4v) is 5.59. The number of benzene rings is 3. The van der Waals surface area contributed by atoms with Crippen molar-refractivity contribution in [1.82, 2.24) is 9.97 Å². The van der Waals surface area contributed by atoms with Gasteiger partial charge in [0.2, 0.25) is 0 Å². The summed E-state index contributed by atoms with van der Waals surface area (Å²) in [5.41, 5.74) is 3.61. The van der Waals surface area contributed by atoms with Gasteiger partial charge in [-0.1, -0.05) is 94.0 Å². The molecular weight excluding hydrogens is 705 g/mol. The summed E-state index contributed by atoms with van der Waals surface area (Å²) in [6, 6.07) is 34.0. The normalized spacial score (nSPS) is 14.7. The molecule has 0 amide bonds. The van der Waals surface area contributed by atoms with Crippen LogP contribution < -0.4 is 5.19 Å². The maximum Gasteiger partial charge on any atom is 0.0799 e. The van der Waals surface area contributed by atoms with Crippen molar-refractivity contribution in [2.24, 2.45) is 5.41 Å². The predicted octanol–water partition coefficient (Wildman–Crippen LogP) is 9.13. The van der Waals surface area contributed by atoms with Crippen LogP contribution in [0.15, 0.2) is 103 Å². The Morgan fingerprint density at radius 1 is 0.762 bits per heavy atom. The third-order valence-corrected chi connectivity index (χ3v) is 8.16. The molecule has 0 atom stereocenters. The van der Waals surface area contributed by atoms with Crippen LogP contribution in [0.5, 0.6) is 0 Å². The van der Waals surface area contributed by atoms with Gasteiger partial charge in [-0.15, -0.1) is 71.8 Å². The second kappa shape index (κ2) is 14.8. The summed E-state index contributed by atoms with van der Waals surface area (Å²) in [4.78, 5) is 8.83. The van der Waals surface area contributed by atoms with E-state index in [9.17, 15) is 0 Å². The van der Waals surface area contributed by atoms with Crippen LogP contribution in [0, 0.1) is 24.4 Å². The maximum absolute atomic E-state index is 8.84. The fraction of sp³-hybridized carbons (Fsp3) is 0.263. The summed E-state index contributed by atoms with van der Waals surface area (Å²) in [5.74, 6) is 0. The number of aromatic nitrogens is 2.